The van der Waals surface area contributed by atoms with E-state index < -0.39 is 0 Å². The predicted molar refractivity (Wildman–Crippen MR) is 136 cm³/mol. The van der Waals surface area contributed by atoms with Crippen LogP contribution >= 0.6 is 11.9 Å². The molecular formula is C24H32N6O2S. The van der Waals surface area contributed by atoms with Crippen LogP contribution in [0.15, 0.2) is 65.2 Å². The van der Waals surface area contributed by atoms with E-state index in [-0.39, 0.29) is 5.91 Å². The van der Waals surface area contributed by atoms with E-state index in [1.165, 1.54) is 6.20 Å². The van der Waals surface area contributed by atoms with Crippen LogP contribution in [-0.4, -0.2) is 46.5 Å². The van der Waals surface area contributed by atoms with Gasteiger partial charge in [0.2, 0.25) is 6.41 Å². The molecule has 0 fully saturated rings. The Balaban J connectivity index is 0.00000122. The van der Waals surface area contributed by atoms with Gasteiger partial charge in [0.25, 0.3) is 5.91 Å². The molecule has 1 aliphatic heterocycles. The van der Waals surface area contributed by atoms with Crippen molar-refractivity contribution >= 4 is 35.7 Å². The smallest absolute Gasteiger partial charge is 0.268 e. The maximum atomic E-state index is 12.8. The lowest BCUT2D eigenvalue weighted by atomic mass is 10.1. The second-order valence-electron chi connectivity index (χ2n) is 7.24. The first-order valence-electron chi connectivity index (χ1n) is 10.6. The number of carbonyl (C=O) groups is 2. The summed E-state index contributed by atoms with van der Waals surface area (Å²) in [6.07, 6.45) is 5.71. The fourth-order valence-electron chi connectivity index (χ4n) is 3.17. The van der Waals surface area contributed by atoms with E-state index >= 15 is 0 Å². The molecule has 0 saturated carbocycles. The number of para-hydroxylation sites is 1. The van der Waals surface area contributed by atoms with Gasteiger partial charge in [-0.05, 0) is 55.8 Å². The summed E-state index contributed by atoms with van der Waals surface area (Å²) in [6, 6.07) is 9.29. The van der Waals surface area contributed by atoms with Gasteiger partial charge in [0, 0.05) is 36.4 Å². The molecule has 1 aromatic heterocycles. The third-order valence-electron chi connectivity index (χ3n) is 4.91. The van der Waals surface area contributed by atoms with Crippen molar-refractivity contribution in [3.05, 3.63) is 72.2 Å². The van der Waals surface area contributed by atoms with E-state index in [1.54, 1.807) is 24.1 Å². The molecule has 0 saturated heterocycles. The quantitative estimate of drug-likeness (QED) is 0.313. The molecule has 0 atom stereocenters. The topological polar surface area (TPSA) is 105 Å². The van der Waals surface area contributed by atoms with Crippen molar-refractivity contribution in [3.63, 3.8) is 0 Å². The highest BCUT2D eigenvalue weighted by atomic mass is 32.2. The number of nitrogens with two attached hydrogens (primary N) is 1. The Morgan fingerprint density at radius 3 is 2.79 bits per heavy atom. The van der Waals surface area contributed by atoms with Crippen LogP contribution in [-0.2, 0) is 18.4 Å². The predicted octanol–water partition coefficient (Wildman–Crippen LogP) is 3.26. The van der Waals surface area contributed by atoms with Crippen molar-refractivity contribution in [1.82, 2.24) is 14.2 Å². The number of rotatable bonds is 8. The Bertz CT molecular complexity index is 1030. The molecule has 0 aliphatic carbocycles. The van der Waals surface area contributed by atoms with Crippen LogP contribution in [0.4, 0.5) is 5.69 Å². The van der Waals surface area contributed by atoms with Gasteiger partial charge in [0.05, 0.1) is 18.8 Å². The molecule has 2 aromatic rings. The largest absolute Gasteiger partial charge is 0.405 e. The molecule has 0 bridgehead atoms. The summed E-state index contributed by atoms with van der Waals surface area (Å²) in [7, 11) is 1.89. The molecule has 8 nitrogen and oxygen atoms in total. The standard InChI is InChI=1S/C21H26N6O2S.C3H6/c1-15-20(30-27-10-9-23-17(13-27)7-8-22)11-19(26(15)2)21(29)24-12-16-5-3-4-6-18(16)25-14-28;1-3-2/h3-8,11,14H,9-10,12-13,22H2,1-2H3,(H,24,29)(H,25,28);3H,1H2,2H3/b8-7-;. The van der Waals surface area contributed by atoms with Crippen LogP contribution in [0.1, 0.15) is 28.7 Å². The van der Waals surface area contributed by atoms with Crippen molar-refractivity contribution in [3.8, 4) is 0 Å². The number of anilines is 1. The van der Waals surface area contributed by atoms with Gasteiger partial charge < -0.3 is 20.9 Å². The molecule has 0 spiro atoms. The van der Waals surface area contributed by atoms with Crippen LogP contribution in [0.3, 0.4) is 0 Å². The highest BCUT2D eigenvalue weighted by Gasteiger charge is 2.20. The minimum atomic E-state index is -0.166. The number of nitrogens with one attached hydrogen (secondary N) is 2. The van der Waals surface area contributed by atoms with Crippen LogP contribution in [0, 0.1) is 6.92 Å². The molecule has 2 amide bonds. The number of nitrogens with zero attached hydrogens (tertiary/aromatic N) is 3. The third kappa shape index (κ3) is 7.37. The lowest BCUT2D eigenvalue weighted by molar-refractivity contribution is -0.105. The number of hydrogen-bond donors (Lipinski definition) is 3. The van der Waals surface area contributed by atoms with Gasteiger partial charge in [-0.15, -0.1) is 6.58 Å². The lowest BCUT2D eigenvalue weighted by Crippen LogP contribution is -2.30. The Morgan fingerprint density at radius 1 is 1.36 bits per heavy atom. The van der Waals surface area contributed by atoms with E-state index in [1.807, 2.05) is 55.8 Å². The van der Waals surface area contributed by atoms with Crippen molar-refractivity contribution in [2.45, 2.75) is 25.3 Å². The fourth-order valence-corrected chi connectivity index (χ4v) is 4.26. The maximum Gasteiger partial charge on any atom is 0.268 e. The summed E-state index contributed by atoms with van der Waals surface area (Å²) in [6.45, 7) is 9.83. The highest BCUT2D eigenvalue weighted by molar-refractivity contribution is 7.97. The van der Waals surface area contributed by atoms with E-state index in [9.17, 15) is 9.59 Å². The Kier molecular flexibility index (Phi) is 10.5. The number of aromatic nitrogens is 1. The molecule has 1 aromatic carbocycles. The SMILES string of the molecule is C=CC.Cc1c(SN2CCN=C(/C=C\N)C2)cc(C(=O)NCc2ccccc2NC=O)n1C. The van der Waals surface area contributed by atoms with Gasteiger partial charge in [-0.1, -0.05) is 24.3 Å². The molecule has 0 radical (unpaired) electrons. The normalized spacial score (nSPS) is 13.6. The average molecular weight is 469 g/mol. The van der Waals surface area contributed by atoms with E-state index in [4.69, 9.17) is 5.73 Å². The van der Waals surface area contributed by atoms with Crippen molar-refractivity contribution < 1.29 is 9.59 Å². The third-order valence-corrected chi connectivity index (χ3v) is 6.09. The first-order chi connectivity index (χ1) is 15.9. The fraction of sp³-hybridized carbons (Fsp3) is 0.292. The summed E-state index contributed by atoms with van der Waals surface area (Å²) < 4.78 is 4.11. The second-order valence-corrected chi connectivity index (χ2v) is 8.37. The first kappa shape index (κ1) is 26.0. The number of carbonyl (C=O) groups excluding carboxylic acids is 2. The summed E-state index contributed by atoms with van der Waals surface area (Å²) in [5.74, 6) is -0.166. The van der Waals surface area contributed by atoms with E-state index in [2.05, 4.69) is 26.5 Å². The van der Waals surface area contributed by atoms with Crippen LogP contribution in [0.25, 0.3) is 0 Å². The Labute approximate surface area is 199 Å². The Morgan fingerprint density at radius 2 is 2.09 bits per heavy atom. The lowest BCUT2D eigenvalue weighted by Gasteiger charge is -2.24. The molecule has 2 heterocycles. The molecule has 4 N–H and O–H groups in total. The second kappa shape index (κ2) is 13.3. The zero-order chi connectivity index (χ0) is 24.2. The number of hydrogen-bond acceptors (Lipinski definition) is 6. The zero-order valence-corrected chi connectivity index (χ0v) is 20.2. The number of allylic oxidation sites excluding steroid dienone is 1. The minimum absolute atomic E-state index is 0.166. The van der Waals surface area contributed by atoms with Crippen LogP contribution < -0.4 is 16.4 Å². The molecular weight excluding hydrogens is 436 g/mol. The average Bonchev–Trinajstić information content (AvgIpc) is 3.08. The Hall–Kier alpha value is -3.30. The summed E-state index contributed by atoms with van der Waals surface area (Å²) in [4.78, 5) is 29.1. The molecule has 9 heteroatoms. The van der Waals surface area contributed by atoms with Gasteiger partial charge in [0.1, 0.15) is 5.69 Å². The minimum Gasteiger partial charge on any atom is -0.405 e. The first-order valence-corrected chi connectivity index (χ1v) is 11.4. The molecule has 1 aliphatic rings. The number of benzene rings is 1. The summed E-state index contributed by atoms with van der Waals surface area (Å²) >= 11 is 1.62. The molecule has 3 rings (SSSR count). The summed E-state index contributed by atoms with van der Waals surface area (Å²) in [5.41, 5.74) is 9.56. The van der Waals surface area contributed by atoms with Crippen LogP contribution in [0.5, 0.6) is 0 Å². The maximum absolute atomic E-state index is 12.8. The van der Waals surface area contributed by atoms with Crippen molar-refractivity contribution in [1.29, 1.82) is 0 Å². The van der Waals surface area contributed by atoms with E-state index in [0.29, 0.717) is 30.9 Å². The molecule has 176 valence electrons. The van der Waals surface area contributed by atoms with Crippen molar-refractivity contribution in [2.75, 3.05) is 25.0 Å². The van der Waals surface area contributed by atoms with Crippen LogP contribution in [0.2, 0.25) is 0 Å². The zero-order valence-electron chi connectivity index (χ0n) is 19.4. The summed E-state index contributed by atoms with van der Waals surface area (Å²) in [5, 5.41) is 5.60. The number of amides is 2. The van der Waals surface area contributed by atoms with Crippen molar-refractivity contribution in [2.24, 2.45) is 17.8 Å². The van der Waals surface area contributed by atoms with E-state index in [0.717, 1.165) is 35.0 Å². The monoisotopic (exact) mass is 468 g/mol. The van der Waals surface area contributed by atoms with Gasteiger partial charge in [-0.3, -0.25) is 14.6 Å². The number of aliphatic imine (C=N–C) groups is 1. The molecule has 33 heavy (non-hydrogen) atoms. The highest BCUT2D eigenvalue weighted by Crippen LogP contribution is 2.29. The van der Waals surface area contributed by atoms with Gasteiger partial charge >= 0.3 is 0 Å². The van der Waals surface area contributed by atoms with Gasteiger partial charge in [0.15, 0.2) is 0 Å². The van der Waals surface area contributed by atoms with Gasteiger partial charge in [-0.2, -0.15) is 0 Å². The molecule has 0 unspecified atom stereocenters. The van der Waals surface area contributed by atoms with Gasteiger partial charge in [-0.25, -0.2) is 4.31 Å².